The molecule has 0 spiro atoms. The molecule has 2 heteroatoms. The fraction of sp³-hybridized carbons (Fsp3) is 0.0476. The highest BCUT2D eigenvalue weighted by molar-refractivity contribution is 7.87. The second-order valence-corrected chi connectivity index (χ2v) is 8.46. The van der Waals surface area contributed by atoms with E-state index in [2.05, 4.69) is 18.2 Å². The van der Waals surface area contributed by atoms with Crippen LogP contribution in [0.2, 0.25) is 0 Å². The number of rotatable bonds is 3. The van der Waals surface area contributed by atoms with Gasteiger partial charge in [-0.25, -0.2) is 0 Å². The maximum absolute atomic E-state index is 14.3. The first-order valence-electron chi connectivity index (χ1n) is 7.80. The quantitative estimate of drug-likeness (QED) is 0.646. The number of hydrogen-bond donors (Lipinski definition) is 0. The molecule has 1 aliphatic carbocycles. The van der Waals surface area contributed by atoms with Crippen molar-refractivity contribution < 1.29 is 4.57 Å². The normalized spacial score (nSPS) is 13.5. The third-order valence-corrected chi connectivity index (χ3v) is 7.54. The molecule has 3 aromatic carbocycles. The smallest absolute Gasteiger partial charge is 0.171 e. The van der Waals surface area contributed by atoms with Crippen molar-refractivity contribution in [2.45, 2.75) is 6.42 Å². The molecule has 1 nitrogen and oxygen atoms in total. The molecule has 4 rings (SSSR count). The third-order valence-electron chi connectivity index (χ3n) is 4.39. The Bertz CT molecular complexity index is 867. The zero-order valence-electron chi connectivity index (χ0n) is 12.7. The highest BCUT2D eigenvalue weighted by atomic mass is 31.2. The predicted molar refractivity (Wildman–Crippen MR) is 97.9 cm³/mol. The van der Waals surface area contributed by atoms with Gasteiger partial charge in [-0.1, -0.05) is 91.0 Å². The van der Waals surface area contributed by atoms with Gasteiger partial charge >= 0.3 is 0 Å². The van der Waals surface area contributed by atoms with Crippen LogP contribution in [-0.2, 0) is 11.0 Å². The summed E-state index contributed by atoms with van der Waals surface area (Å²) in [4.78, 5) is 0. The van der Waals surface area contributed by atoms with Crippen molar-refractivity contribution in [3.8, 4) is 0 Å². The predicted octanol–water partition coefficient (Wildman–Crippen LogP) is 4.60. The highest BCUT2D eigenvalue weighted by Gasteiger charge is 2.35. The summed E-state index contributed by atoms with van der Waals surface area (Å²) in [5, 5.41) is 2.77. The van der Waals surface area contributed by atoms with Crippen LogP contribution in [0.5, 0.6) is 0 Å². The summed E-state index contributed by atoms with van der Waals surface area (Å²) >= 11 is 0. The van der Waals surface area contributed by atoms with E-state index in [-0.39, 0.29) is 0 Å². The van der Waals surface area contributed by atoms with Crippen LogP contribution in [0.1, 0.15) is 11.1 Å². The zero-order chi connectivity index (χ0) is 15.7. The van der Waals surface area contributed by atoms with Crippen LogP contribution in [0.3, 0.4) is 0 Å². The van der Waals surface area contributed by atoms with Crippen molar-refractivity contribution in [3.63, 3.8) is 0 Å². The van der Waals surface area contributed by atoms with Gasteiger partial charge in [0.05, 0.1) is 0 Å². The molecule has 0 atom stereocenters. The molecule has 0 saturated heterocycles. The van der Waals surface area contributed by atoms with Gasteiger partial charge in [0.25, 0.3) is 0 Å². The minimum atomic E-state index is -2.84. The lowest BCUT2D eigenvalue weighted by atomic mass is 10.1. The molecule has 0 aromatic heterocycles. The second kappa shape index (κ2) is 5.68. The molecule has 0 unspecified atom stereocenters. The first kappa shape index (κ1) is 14.2. The molecule has 112 valence electrons. The molecule has 0 saturated carbocycles. The lowest BCUT2D eigenvalue weighted by molar-refractivity contribution is 0.593. The van der Waals surface area contributed by atoms with Crippen LogP contribution in [0, 0.1) is 0 Å². The molecular weight excluding hydrogens is 299 g/mol. The van der Waals surface area contributed by atoms with Gasteiger partial charge in [0.15, 0.2) is 7.14 Å². The minimum absolute atomic E-state index is 0.856. The molecule has 0 amide bonds. The van der Waals surface area contributed by atoms with Crippen LogP contribution in [0.4, 0.5) is 0 Å². The van der Waals surface area contributed by atoms with Crippen molar-refractivity contribution in [1.29, 1.82) is 0 Å². The summed E-state index contributed by atoms with van der Waals surface area (Å²) in [5.41, 5.74) is 2.39. The van der Waals surface area contributed by atoms with Crippen LogP contribution >= 0.6 is 7.14 Å². The summed E-state index contributed by atoms with van der Waals surface area (Å²) < 4.78 is 14.3. The van der Waals surface area contributed by atoms with Crippen molar-refractivity contribution in [3.05, 3.63) is 102 Å². The summed E-state index contributed by atoms with van der Waals surface area (Å²) in [6, 6.07) is 28.0. The number of benzene rings is 3. The average molecular weight is 316 g/mol. The molecule has 0 fully saturated rings. The van der Waals surface area contributed by atoms with Gasteiger partial charge in [-0.2, -0.15) is 0 Å². The van der Waals surface area contributed by atoms with E-state index in [9.17, 15) is 4.57 Å². The molecule has 0 aliphatic heterocycles. The Labute approximate surface area is 136 Å². The molecule has 0 bridgehead atoms. The zero-order valence-corrected chi connectivity index (χ0v) is 13.6. The topological polar surface area (TPSA) is 17.1 Å². The first-order chi connectivity index (χ1) is 11.3. The number of hydrogen-bond acceptors (Lipinski definition) is 1. The highest BCUT2D eigenvalue weighted by Crippen LogP contribution is 2.58. The van der Waals surface area contributed by atoms with E-state index in [1.165, 1.54) is 5.56 Å². The summed E-state index contributed by atoms with van der Waals surface area (Å²) in [6.07, 6.45) is 3.00. The Morgan fingerprint density at radius 3 is 1.78 bits per heavy atom. The second-order valence-electron chi connectivity index (χ2n) is 5.73. The van der Waals surface area contributed by atoms with Crippen LogP contribution in [0.15, 0.2) is 91.0 Å². The van der Waals surface area contributed by atoms with Crippen molar-refractivity contribution in [2.75, 3.05) is 0 Å². The molecular formula is C21H17OP. The van der Waals surface area contributed by atoms with Crippen LogP contribution in [0.25, 0.3) is 5.31 Å². The Morgan fingerprint density at radius 2 is 1.17 bits per heavy atom. The molecule has 0 N–H and O–H groups in total. The lowest BCUT2D eigenvalue weighted by Crippen LogP contribution is -2.16. The van der Waals surface area contributed by atoms with Crippen LogP contribution in [-0.4, -0.2) is 0 Å². The molecule has 23 heavy (non-hydrogen) atoms. The van der Waals surface area contributed by atoms with Crippen LogP contribution < -0.4 is 10.6 Å². The molecule has 0 heterocycles. The monoisotopic (exact) mass is 316 g/mol. The minimum Gasteiger partial charge on any atom is -0.309 e. The Morgan fingerprint density at radius 1 is 0.652 bits per heavy atom. The third kappa shape index (κ3) is 2.29. The van der Waals surface area contributed by atoms with Gasteiger partial charge in [0, 0.05) is 15.9 Å². The van der Waals surface area contributed by atoms with E-state index in [0.717, 1.165) is 27.9 Å². The fourth-order valence-corrected chi connectivity index (χ4v) is 6.21. The van der Waals surface area contributed by atoms with Crippen molar-refractivity contribution in [1.82, 2.24) is 0 Å². The number of allylic oxidation sites excluding steroid dienone is 1. The maximum Gasteiger partial charge on any atom is 0.171 e. The van der Waals surface area contributed by atoms with Gasteiger partial charge in [0.2, 0.25) is 0 Å². The van der Waals surface area contributed by atoms with Gasteiger partial charge in [-0.3, -0.25) is 0 Å². The molecule has 1 aliphatic rings. The molecule has 0 radical (unpaired) electrons. The van der Waals surface area contributed by atoms with Gasteiger partial charge in [0.1, 0.15) is 0 Å². The summed E-state index contributed by atoms with van der Waals surface area (Å²) in [5.74, 6) is 0. The Balaban J connectivity index is 1.97. The van der Waals surface area contributed by atoms with Gasteiger partial charge < -0.3 is 4.57 Å². The average Bonchev–Trinajstić information content (AvgIpc) is 3.07. The summed E-state index contributed by atoms with van der Waals surface area (Å²) in [7, 11) is -2.84. The Kier molecular flexibility index (Phi) is 3.52. The first-order valence-corrected chi connectivity index (χ1v) is 9.51. The molecule has 3 aromatic rings. The van der Waals surface area contributed by atoms with E-state index in [1.54, 1.807) is 0 Å². The SMILES string of the molecule is O=P(C1=CCc2ccccc21)(c1ccccc1)c1ccccc1. The van der Waals surface area contributed by atoms with E-state index < -0.39 is 7.14 Å². The number of fused-ring (bicyclic) bond motifs is 1. The van der Waals surface area contributed by atoms with E-state index in [4.69, 9.17) is 0 Å². The van der Waals surface area contributed by atoms with Crippen molar-refractivity contribution >= 4 is 23.1 Å². The maximum atomic E-state index is 14.3. The largest absolute Gasteiger partial charge is 0.309 e. The van der Waals surface area contributed by atoms with E-state index >= 15 is 0 Å². The van der Waals surface area contributed by atoms with E-state index in [0.29, 0.717) is 0 Å². The Hall–Kier alpha value is -2.37. The van der Waals surface area contributed by atoms with Gasteiger partial charge in [-0.15, -0.1) is 0 Å². The van der Waals surface area contributed by atoms with Crippen molar-refractivity contribution in [2.24, 2.45) is 0 Å². The lowest BCUT2D eigenvalue weighted by Gasteiger charge is -2.22. The van der Waals surface area contributed by atoms with Gasteiger partial charge in [-0.05, 0) is 17.5 Å². The van der Waals surface area contributed by atoms with E-state index in [1.807, 2.05) is 72.8 Å². The fourth-order valence-electron chi connectivity index (χ4n) is 3.27. The standard InChI is InChI=1S/C21H17OP/c22-23(18-10-3-1-4-11-18,19-12-5-2-6-13-19)21-16-15-17-9-7-8-14-20(17)21/h1-14,16H,15H2. The summed E-state index contributed by atoms with van der Waals surface area (Å²) in [6.45, 7) is 0.